The number of nitrogens with one attached hydrogen (secondary N) is 1. The lowest BCUT2D eigenvalue weighted by Gasteiger charge is -2.14. The Bertz CT molecular complexity index is 365. The number of aliphatic hydroxyl groups is 1. The summed E-state index contributed by atoms with van der Waals surface area (Å²) in [5.41, 5.74) is 0.951. The number of carbonyl (C=O) groups is 1. The summed E-state index contributed by atoms with van der Waals surface area (Å²) in [5, 5.41) is 12.4. The quantitative estimate of drug-likeness (QED) is 0.799. The maximum absolute atomic E-state index is 11.7. The van der Waals surface area contributed by atoms with Crippen molar-refractivity contribution in [3.05, 3.63) is 34.9 Å². The molecule has 1 aromatic carbocycles. The molecule has 0 aliphatic heterocycles. The van der Waals surface area contributed by atoms with Crippen molar-refractivity contribution in [2.75, 3.05) is 13.2 Å². The summed E-state index contributed by atoms with van der Waals surface area (Å²) in [7, 11) is 0. The molecule has 1 aromatic rings. The molecule has 18 heavy (non-hydrogen) atoms. The van der Waals surface area contributed by atoms with Crippen molar-refractivity contribution in [1.29, 1.82) is 0 Å². The highest BCUT2D eigenvalue weighted by Gasteiger charge is 2.08. The molecule has 1 rings (SSSR count). The molecule has 0 bridgehead atoms. The Morgan fingerprint density at radius 3 is 2.61 bits per heavy atom. The molecule has 0 heterocycles. The number of benzene rings is 1. The average molecular weight is 270 g/mol. The molecule has 2 N–H and O–H groups in total. The normalized spacial score (nSPS) is 12.2. The summed E-state index contributed by atoms with van der Waals surface area (Å²) < 4.78 is 0. The fraction of sp³-hybridized carbons (Fsp3) is 0.500. The summed E-state index contributed by atoms with van der Waals surface area (Å²) in [6.45, 7) is 2.86. The lowest BCUT2D eigenvalue weighted by molar-refractivity contribution is -0.120. The first-order valence-electron chi connectivity index (χ1n) is 6.27. The highest BCUT2D eigenvalue weighted by atomic mass is 35.5. The van der Waals surface area contributed by atoms with Crippen LogP contribution >= 0.6 is 11.6 Å². The summed E-state index contributed by atoms with van der Waals surface area (Å²) >= 11 is 5.78. The van der Waals surface area contributed by atoms with E-state index in [2.05, 4.69) is 12.2 Å². The van der Waals surface area contributed by atoms with E-state index >= 15 is 0 Å². The molecule has 0 radical (unpaired) electrons. The molecule has 0 saturated carbocycles. The van der Waals surface area contributed by atoms with Crippen LogP contribution in [0.1, 0.15) is 25.3 Å². The zero-order valence-electron chi connectivity index (χ0n) is 10.7. The molecule has 0 saturated heterocycles. The topological polar surface area (TPSA) is 49.3 Å². The van der Waals surface area contributed by atoms with Crippen LogP contribution in [0.3, 0.4) is 0 Å². The lowest BCUT2D eigenvalue weighted by atomic mass is 10.0. The van der Waals surface area contributed by atoms with Gasteiger partial charge in [-0.2, -0.15) is 0 Å². The average Bonchev–Trinajstić information content (AvgIpc) is 2.37. The smallest absolute Gasteiger partial charge is 0.224 e. The molecule has 1 atom stereocenters. The highest BCUT2D eigenvalue weighted by Crippen LogP contribution is 2.10. The van der Waals surface area contributed by atoms with Crippen molar-refractivity contribution in [3.8, 4) is 0 Å². The van der Waals surface area contributed by atoms with Crippen molar-refractivity contribution in [2.24, 2.45) is 5.92 Å². The number of halogens is 1. The second-order valence-corrected chi connectivity index (χ2v) is 4.83. The summed E-state index contributed by atoms with van der Waals surface area (Å²) in [5.74, 6) is 0.359. The molecule has 0 fully saturated rings. The van der Waals surface area contributed by atoms with E-state index in [1.807, 2.05) is 12.1 Å². The third-order valence-corrected chi connectivity index (χ3v) is 3.23. The molecule has 1 amide bonds. The van der Waals surface area contributed by atoms with Gasteiger partial charge in [-0.05, 0) is 30.0 Å². The van der Waals surface area contributed by atoms with Crippen molar-refractivity contribution < 1.29 is 9.90 Å². The van der Waals surface area contributed by atoms with Gasteiger partial charge in [-0.15, -0.1) is 0 Å². The molecule has 3 nitrogen and oxygen atoms in total. The predicted molar refractivity (Wildman–Crippen MR) is 73.6 cm³/mol. The number of aliphatic hydroxyl groups excluding tert-OH is 1. The van der Waals surface area contributed by atoms with Crippen LogP contribution in [0.25, 0.3) is 0 Å². The van der Waals surface area contributed by atoms with Gasteiger partial charge in [-0.1, -0.05) is 37.1 Å². The molecule has 0 aliphatic carbocycles. The van der Waals surface area contributed by atoms with Crippen LogP contribution in [0.4, 0.5) is 0 Å². The van der Waals surface area contributed by atoms with Crippen LogP contribution in [0, 0.1) is 5.92 Å². The Balaban J connectivity index is 2.35. The molecule has 0 aliphatic rings. The Morgan fingerprint density at radius 2 is 2.06 bits per heavy atom. The van der Waals surface area contributed by atoms with E-state index in [1.165, 1.54) is 0 Å². The van der Waals surface area contributed by atoms with Gasteiger partial charge < -0.3 is 10.4 Å². The summed E-state index contributed by atoms with van der Waals surface area (Å²) in [6, 6.07) is 7.27. The van der Waals surface area contributed by atoms with Crippen molar-refractivity contribution >= 4 is 17.5 Å². The lowest BCUT2D eigenvalue weighted by Crippen LogP contribution is -2.30. The fourth-order valence-corrected chi connectivity index (χ4v) is 1.87. The van der Waals surface area contributed by atoms with Gasteiger partial charge in [-0.25, -0.2) is 0 Å². The Labute approximate surface area is 113 Å². The van der Waals surface area contributed by atoms with Crippen molar-refractivity contribution in [2.45, 2.75) is 26.2 Å². The Hall–Kier alpha value is -1.06. The first-order chi connectivity index (χ1) is 8.65. The van der Waals surface area contributed by atoms with Crippen molar-refractivity contribution in [3.63, 3.8) is 0 Å². The third-order valence-electron chi connectivity index (χ3n) is 2.98. The number of rotatable bonds is 7. The van der Waals surface area contributed by atoms with Crippen LogP contribution in [-0.4, -0.2) is 24.2 Å². The van der Waals surface area contributed by atoms with Gasteiger partial charge in [0.15, 0.2) is 0 Å². The van der Waals surface area contributed by atoms with Gasteiger partial charge >= 0.3 is 0 Å². The zero-order valence-corrected chi connectivity index (χ0v) is 11.4. The van der Waals surface area contributed by atoms with Gasteiger partial charge in [0, 0.05) is 18.2 Å². The number of amides is 1. The van der Waals surface area contributed by atoms with E-state index in [-0.39, 0.29) is 12.5 Å². The maximum atomic E-state index is 11.7. The first-order valence-corrected chi connectivity index (χ1v) is 6.65. The monoisotopic (exact) mass is 269 g/mol. The molecular weight excluding hydrogens is 250 g/mol. The van der Waals surface area contributed by atoms with E-state index in [1.54, 1.807) is 12.1 Å². The Morgan fingerprint density at radius 1 is 1.39 bits per heavy atom. The molecule has 1 unspecified atom stereocenters. The summed E-state index contributed by atoms with van der Waals surface area (Å²) in [4.78, 5) is 11.7. The van der Waals surface area contributed by atoms with E-state index in [4.69, 9.17) is 16.7 Å². The highest BCUT2D eigenvalue weighted by molar-refractivity contribution is 6.30. The van der Waals surface area contributed by atoms with Crippen LogP contribution in [0.5, 0.6) is 0 Å². The minimum Gasteiger partial charge on any atom is -0.396 e. The molecule has 0 aromatic heterocycles. The SMILES string of the molecule is CCC(CCO)CNC(=O)Cc1ccc(Cl)cc1. The van der Waals surface area contributed by atoms with E-state index in [0.717, 1.165) is 18.4 Å². The number of carbonyl (C=O) groups excluding carboxylic acids is 1. The van der Waals surface area contributed by atoms with Crippen LogP contribution in [0.15, 0.2) is 24.3 Å². The Kier molecular flexibility index (Phi) is 6.76. The number of hydrogen-bond donors (Lipinski definition) is 2. The van der Waals surface area contributed by atoms with E-state index < -0.39 is 0 Å². The predicted octanol–water partition coefficient (Wildman–Crippen LogP) is 2.41. The van der Waals surface area contributed by atoms with Crippen molar-refractivity contribution in [1.82, 2.24) is 5.32 Å². The van der Waals surface area contributed by atoms with E-state index in [9.17, 15) is 4.79 Å². The van der Waals surface area contributed by atoms with Gasteiger partial charge in [-0.3, -0.25) is 4.79 Å². The van der Waals surface area contributed by atoms with Gasteiger partial charge in [0.05, 0.1) is 6.42 Å². The second-order valence-electron chi connectivity index (χ2n) is 4.39. The molecule has 100 valence electrons. The van der Waals surface area contributed by atoms with E-state index in [0.29, 0.717) is 23.9 Å². The maximum Gasteiger partial charge on any atom is 0.224 e. The zero-order chi connectivity index (χ0) is 13.4. The van der Waals surface area contributed by atoms with Crippen LogP contribution in [-0.2, 0) is 11.2 Å². The number of hydrogen-bond acceptors (Lipinski definition) is 2. The standard InChI is InChI=1S/C14H20ClNO2/c1-2-11(7-8-17)10-16-14(18)9-12-3-5-13(15)6-4-12/h3-6,11,17H,2,7-10H2,1H3,(H,16,18). The molecule has 0 spiro atoms. The van der Waals surface area contributed by atoms with Gasteiger partial charge in [0.25, 0.3) is 0 Å². The first kappa shape index (κ1) is 15.0. The van der Waals surface area contributed by atoms with Gasteiger partial charge in [0.1, 0.15) is 0 Å². The van der Waals surface area contributed by atoms with Crippen LogP contribution < -0.4 is 5.32 Å². The largest absolute Gasteiger partial charge is 0.396 e. The molecular formula is C14H20ClNO2. The van der Waals surface area contributed by atoms with Crippen LogP contribution in [0.2, 0.25) is 5.02 Å². The van der Waals surface area contributed by atoms with Gasteiger partial charge in [0.2, 0.25) is 5.91 Å². The second kappa shape index (κ2) is 8.11. The molecule has 4 heteroatoms. The summed E-state index contributed by atoms with van der Waals surface area (Å²) in [6.07, 6.45) is 2.06. The fourth-order valence-electron chi connectivity index (χ4n) is 1.74. The minimum atomic E-state index is 0.00807. The third kappa shape index (κ3) is 5.52. The minimum absolute atomic E-state index is 0.00807.